The predicted molar refractivity (Wildman–Crippen MR) is 95.4 cm³/mol. The first-order valence-electron chi connectivity index (χ1n) is 7.64. The van der Waals surface area contributed by atoms with Crippen molar-refractivity contribution in [2.24, 2.45) is 0 Å². The van der Waals surface area contributed by atoms with E-state index in [1.165, 1.54) is 17.8 Å². The molecular formula is C18H16N4O3. The molecule has 1 aromatic heterocycles. The number of carbonyl (C=O) groups is 2. The highest BCUT2D eigenvalue weighted by Gasteiger charge is 2.08. The number of hydrogen-bond donors (Lipinski definition) is 2. The zero-order chi connectivity index (χ0) is 17.8. The number of para-hydroxylation sites is 1. The summed E-state index contributed by atoms with van der Waals surface area (Å²) in [5.74, 6) is -0.559. The fraction of sp³-hybridized carbons (Fsp3) is 0.111. The van der Waals surface area contributed by atoms with Gasteiger partial charge in [0.05, 0.1) is 17.2 Å². The molecule has 0 unspecified atom stereocenters. The molecule has 0 aliphatic heterocycles. The minimum atomic E-state index is -0.362. The quantitative estimate of drug-likeness (QED) is 0.762. The first-order valence-corrected chi connectivity index (χ1v) is 7.64. The maximum Gasteiger partial charge on any atom is 0.261 e. The van der Waals surface area contributed by atoms with Crippen LogP contribution < -0.4 is 16.2 Å². The summed E-state index contributed by atoms with van der Waals surface area (Å²) in [5.41, 5.74) is 1.42. The molecular weight excluding hydrogens is 320 g/mol. The maximum atomic E-state index is 12.4. The van der Waals surface area contributed by atoms with Crippen LogP contribution in [-0.4, -0.2) is 21.4 Å². The van der Waals surface area contributed by atoms with Crippen molar-refractivity contribution < 1.29 is 9.59 Å². The highest BCUT2D eigenvalue weighted by Crippen LogP contribution is 2.15. The Morgan fingerprint density at radius 3 is 2.52 bits per heavy atom. The molecule has 0 fully saturated rings. The molecule has 0 radical (unpaired) electrons. The lowest BCUT2D eigenvalue weighted by Crippen LogP contribution is -2.27. The zero-order valence-electron chi connectivity index (χ0n) is 13.5. The number of anilines is 2. The van der Waals surface area contributed by atoms with E-state index in [2.05, 4.69) is 15.6 Å². The van der Waals surface area contributed by atoms with Gasteiger partial charge in [0.1, 0.15) is 6.54 Å². The predicted octanol–water partition coefficient (Wildman–Crippen LogP) is 1.99. The van der Waals surface area contributed by atoms with Gasteiger partial charge in [-0.2, -0.15) is 0 Å². The number of fused-ring (bicyclic) bond motifs is 1. The molecule has 25 heavy (non-hydrogen) atoms. The number of nitrogens with zero attached hydrogens (tertiary/aromatic N) is 2. The minimum absolute atomic E-state index is 0.152. The Bertz CT molecular complexity index is 1010. The van der Waals surface area contributed by atoms with Crippen molar-refractivity contribution in [2.45, 2.75) is 13.5 Å². The number of hydrogen-bond acceptors (Lipinski definition) is 4. The molecule has 1 heterocycles. The third-order valence-electron chi connectivity index (χ3n) is 3.51. The van der Waals surface area contributed by atoms with Crippen LogP contribution in [0.3, 0.4) is 0 Å². The monoisotopic (exact) mass is 336 g/mol. The van der Waals surface area contributed by atoms with Gasteiger partial charge in [0.25, 0.3) is 5.56 Å². The Balaban J connectivity index is 1.76. The van der Waals surface area contributed by atoms with Gasteiger partial charge in [0, 0.05) is 18.3 Å². The number of nitrogens with one attached hydrogen (secondary N) is 2. The summed E-state index contributed by atoms with van der Waals surface area (Å²) >= 11 is 0. The van der Waals surface area contributed by atoms with Crippen LogP contribution in [0.1, 0.15) is 6.92 Å². The largest absolute Gasteiger partial charge is 0.326 e. The summed E-state index contributed by atoms with van der Waals surface area (Å²) in [5, 5.41) is 5.81. The lowest BCUT2D eigenvalue weighted by Gasteiger charge is -2.09. The molecule has 3 aromatic rings. The van der Waals surface area contributed by atoms with Crippen LogP contribution in [0, 0.1) is 0 Å². The molecule has 3 rings (SSSR count). The molecule has 0 aliphatic carbocycles. The summed E-state index contributed by atoms with van der Waals surface area (Å²) in [6, 6.07) is 13.7. The Hall–Kier alpha value is -3.48. The lowest BCUT2D eigenvalue weighted by molar-refractivity contribution is -0.117. The molecule has 0 saturated heterocycles. The number of rotatable bonds is 4. The summed E-state index contributed by atoms with van der Waals surface area (Å²) in [6.07, 6.45) is 1.36. The van der Waals surface area contributed by atoms with E-state index in [1.54, 1.807) is 48.5 Å². The van der Waals surface area contributed by atoms with Gasteiger partial charge in [0.15, 0.2) is 0 Å². The molecule has 7 nitrogen and oxygen atoms in total. The van der Waals surface area contributed by atoms with Crippen LogP contribution in [0.2, 0.25) is 0 Å². The molecule has 7 heteroatoms. The Morgan fingerprint density at radius 1 is 1.04 bits per heavy atom. The van der Waals surface area contributed by atoms with Crippen LogP contribution in [-0.2, 0) is 16.1 Å². The van der Waals surface area contributed by atoms with E-state index in [0.717, 1.165) is 0 Å². The highest BCUT2D eigenvalue weighted by molar-refractivity contribution is 5.93. The molecule has 2 amide bonds. The van der Waals surface area contributed by atoms with Crippen molar-refractivity contribution in [3.05, 3.63) is 65.2 Å². The van der Waals surface area contributed by atoms with Crippen molar-refractivity contribution in [3.63, 3.8) is 0 Å². The first kappa shape index (κ1) is 16.4. The van der Waals surface area contributed by atoms with E-state index in [0.29, 0.717) is 22.3 Å². The topological polar surface area (TPSA) is 93.1 Å². The Kier molecular flexibility index (Phi) is 4.56. The van der Waals surface area contributed by atoms with E-state index in [9.17, 15) is 14.4 Å². The lowest BCUT2D eigenvalue weighted by atomic mass is 10.2. The van der Waals surface area contributed by atoms with Crippen molar-refractivity contribution in [2.75, 3.05) is 10.6 Å². The first-order chi connectivity index (χ1) is 12.0. The van der Waals surface area contributed by atoms with Crippen molar-refractivity contribution in [1.29, 1.82) is 0 Å². The summed E-state index contributed by atoms with van der Waals surface area (Å²) in [7, 11) is 0. The Labute approximate surface area is 143 Å². The number of amides is 2. The van der Waals surface area contributed by atoms with E-state index in [4.69, 9.17) is 0 Å². The minimum Gasteiger partial charge on any atom is -0.326 e. The van der Waals surface area contributed by atoms with E-state index < -0.39 is 0 Å². The second-order valence-corrected chi connectivity index (χ2v) is 5.50. The van der Waals surface area contributed by atoms with Gasteiger partial charge in [-0.25, -0.2) is 4.98 Å². The fourth-order valence-electron chi connectivity index (χ4n) is 2.45. The van der Waals surface area contributed by atoms with Crippen LogP contribution in [0.4, 0.5) is 11.4 Å². The Morgan fingerprint density at radius 2 is 1.76 bits per heavy atom. The smallest absolute Gasteiger partial charge is 0.261 e. The third-order valence-corrected chi connectivity index (χ3v) is 3.51. The molecule has 2 aromatic carbocycles. The van der Waals surface area contributed by atoms with Gasteiger partial charge in [-0.05, 0) is 30.3 Å². The van der Waals surface area contributed by atoms with Gasteiger partial charge in [-0.1, -0.05) is 18.2 Å². The average molecular weight is 336 g/mol. The molecule has 0 bridgehead atoms. The zero-order valence-corrected chi connectivity index (χ0v) is 13.5. The van der Waals surface area contributed by atoms with Crippen molar-refractivity contribution in [3.8, 4) is 0 Å². The molecule has 0 atom stereocenters. The van der Waals surface area contributed by atoms with Gasteiger partial charge < -0.3 is 10.6 Å². The fourth-order valence-corrected chi connectivity index (χ4v) is 2.45. The number of carbonyl (C=O) groups excluding carboxylic acids is 2. The summed E-state index contributed by atoms with van der Waals surface area (Å²) < 4.78 is 1.26. The van der Waals surface area contributed by atoms with Gasteiger partial charge in [0.2, 0.25) is 11.8 Å². The molecule has 0 spiro atoms. The maximum absolute atomic E-state index is 12.4. The van der Waals surface area contributed by atoms with Crippen LogP contribution in [0.15, 0.2) is 59.7 Å². The molecule has 126 valence electrons. The second kappa shape index (κ2) is 6.96. The third kappa shape index (κ3) is 3.89. The molecule has 2 N–H and O–H groups in total. The van der Waals surface area contributed by atoms with E-state index in [-0.39, 0.29) is 23.9 Å². The van der Waals surface area contributed by atoms with Crippen LogP contribution in [0.5, 0.6) is 0 Å². The second-order valence-electron chi connectivity index (χ2n) is 5.50. The van der Waals surface area contributed by atoms with Gasteiger partial charge in [-0.3, -0.25) is 19.0 Å². The SMILES string of the molecule is CC(=O)Nc1cccc(NC(=O)Cn2cnc3ccccc3c2=O)c1. The highest BCUT2D eigenvalue weighted by atomic mass is 16.2. The van der Waals surface area contributed by atoms with E-state index in [1.807, 2.05) is 0 Å². The van der Waals surface area contributed by atoms with Gasteiger partial charge in [-0.15, -0.1) is 0 Å². The van der Waals surface area contributed by atoms with E-state index >= 15 is 0 Å². The summed E-state index contributed by atoms with van der Waals surface area (Å²) in [6.45, 7) is 1.26. The molecule has 0 saturated carbocycles. The summed E-state index contributed by atoms with van der Waals surface area (Å²) in [4.78, 5) is 39.9. The number of aromatic nitrogens is 2. The normalized spacial score (nSPS) is 10.4. The standard InChI is InChI=1S/C18H16N4O3/c1-12(23)20-13-5-4-6-14(9-13)21-17(24)10-22-11-19-16-8-3-2-7-15(16)18(22)25/h2-9,11H,10H2,1H3,(H,20,23)(H,21,24). The van der Waals surface area contributed by atoms with Crippen molar-refractivity contribution in [1.82, 2.24) is 9.55 Å². The van der Waals surface area contributed by atoms with Crippen LogP contribution in [0.25, 0.3) is 10.9 Å². The average Bonchev–Trinajstić information content (AvgIpc) is 2.57. The molecule has 0 aliphatic rings. The van der Waals surface area contributed by atoms with Crippen molar-refractivity contribution >= 4 is 34.1 Å². The van der Waals surface area contributed by atoms with Crippen LogP contribution >= 0.6 is 0 Å². The number of benzene rings is 2. The van der Waals surface area contributed by atoms with Gasteiger partial charge >= 0.3 is 0 Å².